The zero-order chi connectivity index (χ0) is 18.1. The van der Waals surface area contributed by atoms with E-state index in [1.54, 1.807) is 0 Å². The Kier molecular flexibility index (Phi) is 4.84. The largest absolute Gasteiger partial charge is 0.503 e. The predicted octanol–water partition coefficient (Wildman–Crippen LogP) is 3.54. The Morgan fingerprint density at radius 2 is 1.79 bits per heavy atom. The SMILES string of the molecule is N#Cc1c(C(F)(F)F)cc(=O)[nH]c1SCc1cc(F)c(O)c(F)c1. The van der Waals surface area contributed by atoms with Gasteiger partial charge in [0.15, 0.2) is 17.4 Å². The summed E-state index contributed by atoms with van der Waals surface area (Å²) in [5.74, 6) is -3.87. The second kappa shape index (κ2) is 6.52. The van der Waals surface area contributed by atoms with E-state index in [4.69, 9.17) is 10.4 Å². The number of aromatic amines is 1. The number of phenolic OH excluding ortho intramolecular Hbond substituents is 1. The number of phenols is 1. The van der Waals surface area contributed by atoms with E-state index in [0.29, 0.717) is 11.8 Å². The molecule has 0 unspecified atom stereocenters. The number of halogens is 5. The smallest absolute Gasteiger partial charge is 0.417 e. The zero-order valence-electron chi connectivity index (χ0n) is 11.5. The average Bonchev–Trinajstić information content (AvgIpc) is 2.48. The van der Waals surface area contributed by atoms with Crippen LogP contribution in [0.5, 0.6) is 5.75 Å². The van der Waals surface area contributed by atoms with Crippen LogP contribution in [0.15, 0.2) is 28.0 Å². The molecule has 24 heavy (non-hydrogen) atoms. The molecule has 0 amide bonds. The fraction of sp³-hybridized carbons (Fsp3) is 0.143. The number of nitrogens with zero attached hydrogens (tertiary/aromatic N) is 1. The van der Waals surface area contributed by atoms with Gasteiger partial charge >= 0.3 is 6.18 Å². The molecule has 1 heterocycles. The van der Waals surface area contributed by atoms with E-state index in [1.807, 2.05) is 0 Å². The van der Waals surface area contributed by atoms with Gasteiger partial charge in [0.05, 0.1) is 16.2 Å². The van der Waals surface area contributed by atoms with E-state index < -0.39 is 40.2 Å². The number of pyridine rings is 1. The normalized spacial score (nSPS) is 11.3. The van der Waals surface area contributed by atoms with Gasteiger partial charge in [-0.25, -0.2) is 8.78 Å². The summed E-state index contributed by atoms with van der Waals surface area (Å²) < 4.78 is 65.1. The summed E-state index contributed by atoms with van der Waals surface area (Å²) in [5, 5.41) is 17.6. The molecule has 0 aliphatic heterocycles. The monoisotopic (exact) mass is 362 g/mol. The van der Waals surface area contributed by atoms with E-state index in [-0.39, 0.29) is 22.4 Å². The van der Waals surface area contributed by atoms with Crippen LogP contribution >= 0.6 is 11.8 Å². The third-order valence-electron chi connectivity index (χ3n) is 2.89. The van der Waals surface area contributed by atoms with Crippen molar-refractivity contribution in [2.75, 3.05) is 0 Å². The number of H-pyrrole nitrogens is 1. The van der Waals surface area contributed by atoms with Crippen molar-refractivity contribution >= 4 is 11.8 Å². The second-order valence-electron chi connectivity index (χ2n) is 4.56. The van der Waals surface area contributed by atoms with Crippen molar-refractivity contribution in [3.8, 4) is 11.8 Å². The van der Waals surface area contributed by atoms with Crippen LogP contribution in [-0.4, -0.2) is 10.1 Å². The summed E-state index contributed by atoms with van der Waals surface area (Å²) in [6, 6.07) is 3.22. The Balaban J connectivity index is 2.39. The first-order valence-electron chi connectivity index (χ1n) is 6.17. The van der Waals surface area contributed by atoms with E-state index >= 15 is 0 Å². The fourth-order valence-electron chi connectivity index (χ4n) is 1.84. The number of benzene rings is 1. The van der Waals surface area contributed by atoms with Gasteiger partial charge in [-0.2, -0.15) is 18.4 Å². The first kappa shape index (κ1) is 17.8. The van der Waals surface area contributed by atoms with Crippen molar-refractivity contribution < 1.29 is 27.1 Å². The number of thioether (sulfide) groups is 1. The van der Waals surface area contributed by atoms with Gasteiger partial charge < -0.3 is 10.1 Å². The first-order chi connectivity index (χ1) is 11.1. The third kappa shape index (κ3) is 3.68. The number of hydrogen-bond donors (Lipinski definition) is 2. The molecule has 2 N–H and O–H groups in total. The minimum atomic E-state index is -4.90. The molecule has 0 spiro atoms. The van der Waals surface area contributed by atoms with E-state index in [2.05, 4.69) is 4.98 Å². The van der Waals surface area contributed by atoms with Gasteiger partial charge in [0.1, 0.15) is 6.07 Å². The number of nitrogens with one attached hydrogen (secondary N) is 1. The second-order valence-corrected chi connectivity index (χ2v) is 5.54. The maximum absolute atomic E-state index is 13.2. The number of rotatable bonds is 3. The predicted molar refractivity (Wildman–Crippen MR) is 74.4 cm³/mol. The Labute approximate surface area is 135 Å². The summed E-state index contributed by atoms with van der Waals surface area (Å²) in [5.41, 5.74) is -3.23. The lowest BCUT2D eigenvalue weighted by atomic mass is 10.1. The highest BCUT2D eigenvalue weighted by Gasteiger charge is 2.35. The molecule has 0 aliphatic carbocycles. The van der Waals surface area contributed by atoms with Crippen LogP contribution in [0.1, 0.15) is 16.7 Å². The average molecular weight is 362 g/mol. The van der Waals surface area contributed by atoms with Crippen molar-refractivity contribution in [3.05, 3.63) is 56.9 Å². The lowest BCUT2D eigenvalue weighted by molar-refractivity contribution is -0.138. The standard InChI is InChI=1S/C14H7F5N2O2S/c15-9-1-6(2-10(16)12(9)23)5-24-13-7(4-20)8(14(17,18)19)3-11(22)21-13/h1-3,23H,5H2,(H,21,22). The van der Waals surface area contributed by atoms with Crippen molar-refractivity contribution in [3.63, 3.8) is 0 Å². The summed E-state index contributed by atoms with van der Waals surface area (Å²) in [4.78, 5) is 13.5. The van der Waals surface area contributed by atoms with Crippen LogP contribution in [-0.2, 0) is 11.9 Å². The number of aromatic hydroxyl groups is 1. The summed E-state index contributed by atoms with van der Waals surface area (Å²) >= 11 is 0.599. The highest BCUT2D eigenvalue weighted by Crippen LogP contribution is 2.35. The highest BCUT2D eigenvalue weighted by atomic mass is 32.2. The molecule has 0 saturated carbocycles. The van der Waals surface area contributed by atoms with Gasteiger partial charge in [-0.15, -0.1) is 11.8 Å². The lowest BCUT2D eigenvalue weighted by Crippen LogP contribution is -2.17. The number of aromatic nitrogens is 1. The molecule has 0 atom stereocenters. The summed E-state index contributed by atoms with van der Waals surface area (Å²) in [6.45, 7) is 0. The van der Waals surface area contributed by atoms with Crippen LogP contribution in [0.2, 0.25) is 0 Å². The topological polar surface area (TPSA) is 76.9 Å². The molecule has 126 valence electrons. The lowest BCUT2D eigenvalue weighted by Gasteiger charge is -2.11. The van der Waals surface area contributed by atoms with Crippen LogP contribution in [0.4, 0.5) is 22.0 Å². The van der Waals surface area contributed by atoms with Crippen LogP contribution in [0.25, 0.3) is 0 Å². The third-order valence-corrected chi connectivity index (χ3v) is 3.96. The number of nitriles is 1. The Morgan fingerprint density at radius 3 is 2.29 bits per heavy atom. The Morgan fingerprint density at radius 1 is 1.21 bits per heavy atom. The summed E-state index contributed by atoms with van der Waals surface area (Å²) in [6.07, 6.45) is -4.90. The van der Waals surface area contributed by atoms with E-state index in [1.165, 1.54) is 6.07 Å². The molecule has 2 rings (SSSR count). The van der Waals surface area contributed by atoms with Gasteiger partial charge in [-0.1, -0.05) is 0 Å². The minimum Gasteiger partial charge on any atom is -0.503 e. The molecule has 0 saturated heterocycles. The highest BCUT2D eigenvalue weighted by molar-refractivity contribution is 7.98. The van der Waals surface area contributed by atoms with Gasteiger partial charge in [-0.05, 0) is 17.7 Å². The van der Waals surface area contributed by atoms with Crippen molar-refractivity contribution in [1.82, 2.24) is 4.98 Å². The number of hydrogen-bond acceptors (Lipinski definition) is 4. The molecule has 4 nitrogen and oxygen atoms in total. The summed E-state index contributed by atoms with van der Waals surface area (Å²) in [7, 11) is 0. The minimum absolute atomic E-state index is 0.00921. The molecule has 1 aromatic carbocycles. The molecule has 0 fully saturated rings. The fourth-order valence-corrected chi connectivity index (χ4v) is 2.79. The van der Waals surface area contributed by atoms with E-state index in [0.717, 1.165) is 12.1 Å². The molecule has 2 aromatic rings. The Hall–Kier alpha value is -2.54. The number of alkyl halides is 3. The maximum Gasteiger partial charge on any atom is 0.417 e. The maximum atomic E-state index is 13.2. The van der Waals surface area contributed by atoms with Gasteiger partial charge in [0, 0.05) is 11.8 Å². The van der Waals surface area contributed by atoms with Gasteiger partial charge in [0.25, 0.3) is 0 Å². The van der Waals surface area contributed by atoms with Crippen LogP contribution < -0.4 is 5.56 Å². The van der Waals surface area contributed by atoms with Gasteiger partial charge in [0.2, 0.25) is 5.56 Å². The van der Waals surface area contributed by atoms with E-state index in [9.17, 15) is 26.7 Å². The molecule has 0 bridgehead atoms. The molecule has 1 aromatic heterocycles. The van der Waals surface area contributed by atoms with Crippen molar-refractivity contribution in [1.29, 1.82) is 5.26 Å². The van der Waals surface area contributed by atoms with Crippen LogP contribution in [0, 0.1) is 23.0 Å². The quantitative estimate of drug-likeness (QED) is 0.647. The van der Waals surface area contributed by atoms with Gasteiger partial charge in [-0.3, -0.25) is 4.79 Å². The van der Waals surface area contributed by atoms with Crippen molar-refractivity contribution in [2.24, 2.45) is 0 Å². The first-order valence-corrected chi connectivity index (χ1v) is 7.16. The zero-order valence-corrected chi connectivity index (χ0v) is 12.4. The molecule has 0 aliphatic rings. The molecular formula is C14H7F5N2O2S. The van der Waals surface area contributed by atoms with Crippen molar-refractivity contribution in [2.45, 2.75) is 17.0 Å². The van der Waals surface area contributed by atoms with Crippen LogP contribution in [0.3, 0.4) is 0 Å². The molecule has 0 radical (unpaired) electrons. The Bertz CT molecular complexity index is 863. The molecular weight excluding hydrogens is 355 g/mol. The molecule has 10 heteroatoms.